The van der Waals surface area contributed by atoms with E-state index in [4.69, 9.17) is 4.74 Å². The van der Waals surface area contributed by atoms with Crippen molar-refractivity contribution < 1.29 is 13.2 Å². The lowest BCUT2D eigenvalue weighted by molar-refractivity contribution is -0.118. The van der Waals surface area contributed by atoms with Crippen molar-refractivity contribution in [2.24, 2.45) is 0 Å². The minimum absolute atomic E-state index is 0.00154. The molecular formula is C17H27N3O3S. The van der Waals surface area contributed by atoms with Crippen molar-refractivity contribution in [1.82, 2.24) is 14.6 Å². The Bertz CT molecular complexity index is 669. The van der Waals surface area contributed by atoms with E-state index in [-0.39, 0.29) is 11.6 Å². The molecule has 134 valence electrons. The molecule has 1 spiro atoms. The van der Waals surface area contributed by atoms with Crippen molar-refractivity contribution in [2.45, 2.75) is 50.8 Å². The number of rotatable bonds is 4. The van der Waals surface area contributed by atoms with Gasteiger partial charge >= 0.3 is 0 Å². The van der Waals surface area contributed by atoms with Crippen LogP contribution in [0.4, 0.5) is 0 Å². The first-order valence-electron chi connectivity index (χ1n) is 8.59. The van der Waals surface area contributed by atoms with Gasteiger partial charge in [-0.3, -0.25) is 9.88 Å². The molecule has 2 aliphatic rings. The van der Waals surface area contributed by atoms with Crippen LogP contribution in [0.2, 0.25) is 0 Å². The van der Waals surface area contributed by atoms with Gasteiger partial charge in [0.25, 0.3) is 0 Å². The summed E-state index contributed by atoms with van der Waals surface area (Å²) in [6.07, 6.45) is 6.50. The van der Waals surface area contributed by atoms with Gasteiger partial charge in [-0.2, -0.15) is 0 Å². The van der Waals surface area contributed by atoms with E-state index in [9.17, 15) is 8.42 Å². The first kappa shape index (κ1) is 17.8. The summed E-state index contributed by atoms with van der Waals surface area (Å²) in [6.45, 7) is 5.52. The van der Waals surface area contributed by atoms with Crippen LogP contribution in [0.3, 0.4) is 0 Å². The van der Waals surface area contributed by atoms with E-state index < -0.39 is 10.0 Å². The fourth-order valence-corrected chi connectivity index (χ4v) is 4.60. The molecule has 0 aromatic carbocycles. The maximum atomic E-state index is 11.5. The van der Waals surface area contributed by atoms with Gasteiger partial charge in [-0.25, -0.2) is 13.1 Å². The number of piperidine rings is 1. The summed E-state index contributed by atoms with van der Waals surface area (Å²) < 4.78 is 31.8. The zero-order valence-electron chi connectivity index (χ0n) is 14.5. The predicted octanol–water partition coefficient (Wildman–Crippen LogP) is 1.45. The van der Waals surface area contributed by atoms with Crippen LogP contribution in [0.15, 0.2) is 18.3 Å². The molecule has 1 aromatic rings. The highest BCUT2D eigenvalue weighted by atomic mass is 32.2. The number of nitrogens with one attached hydrogen (secondary N) is 1. The Kier molecular flexibility index (Phi) is 5.24. The van der Waals surface area contributed by atoms with Gasteiger partial charge in [-0.15, -0.1) is 0 Å². The summed E-state index contributed by atoms with van der Waals surface area (Å²) in [6, 6.07) is 4.06. The largest absolute Gasteiger partial charge is 0.375 e. The van der Waals surface area contributed by atoms with Crippen LogP contribution >= 0.6 is 0 Å². The van der Waals surface area contributed by atoms with Gasteiger partial charge in [0.05, 0.1) is 17.6 Å². The van der Waals surface area contributed by atoms with Crippen molar-refractivity contribution >= 4 is 10.0 Å². The Morgan fingerprint density at radius 3 is 2.83 bits per heavy atom. The van der Waals surface area contributed by atoms with E-state index in [2.05, 4.69) is 27.6 Å². The Morgan fingerprint density at radius 2 is 2.17 bits per heavy atom. The second-order valence-electron chi connectivity index (χ2n) is 7.15. The van der Waals surface area contributed by atoms with Gasteiger partial charge in [-0.05, 0) is 44.2 Å². The molecule has 24 heavy (non-hydrogen) atoms. The number of hydrogen-bond acceptors (Lipinski definition) is 5. The molecule has 0 aliphatic carbocycles. The smallest absolute Gasteiger partial charge is 0.208 e. The minimum atomic E-state index is -3.16. The molecule has 2 saturated heterocycles. The molecule has 1 atom stereocenters. The van der Waals surface area contributed by atoms with Crippen LogP contribution in [0, 0.1) is 6.92 Å². The second kappa shape index (κ2) is 7.07. The first-order chi connectivity index (χ1) is 11.4. The van der Waals surface area contributed by atoms with Crippen molar-refractivity contribution in [3.05, 3.63) is 29.6 Å². The fourth-order valence-electron chi connectivity index (χ4n) is 3.79. The first-order valence-corrected chi connectivity index (χ1v) is 10.5. The molecule has 0 saturated carbocycles. The number of aryl methyl sites for hydroxylation is 1. The minimum Gasteiger partial charge on any atom is -0.375 e. The van der Waals surface area contributed by atoms with Crippen LogP contribution in [-0.2, 0) is 21.3 Å². The summed E-state index contributed by atoms with van der Waals surface area (Å²) in [5.41, 5.74) is 2.19. The Labute approximate surface area is 144 Å². The number of likely N-dealkylation sites (tertiary alicyclic amines) is 1. The quantitative estimate of drug-likeness (QED) is 0.887. The maximum absolute atomic E-state index is 11.5. The van der Waals surface area contributed by atoms with Crippen molar-refractivity contribution in [3.63, 3.8) is 0 Å². The molecule has 0 bridgehead atoms. The Morgan fingerprint density at radius 1 is 1.42 bits per heavy atom. The molecule has 3 rings (SSSR count). The summed E-state index contributed by atoms with van der Waals surface area (Å²) in [7, 11) is -3.16. The normalized spacial score (nSPS) is 25.0. The zero-order valence-corrected chi connectivity index (χ0v) is 15.3. The lowest BCUT2D eigenvalue weighted by atomic mass is 9.82. The SMILES string of the molecule is Cc1cccnc1CN1CCC2(CC1)C[C@@H](NS(C)(=O)=O)CCO2. The van der Waals surface area contributed by atoms with Crippen LogP contribution in [-0.4, -0.2) is 55.9 Å². The van der Waals surface area contributed by atoms with E-state index >= 15 is 0 Å². The topological polar surface area (TPSA) is 71.5 Å². The Hall–Kier alpha value is -1.02. The van der Waals surface area contributed by atoms with Crippen molar-refractivity contribution in [3.8, 4) is 0 Å². The van der Waals surface area contributed by atoms with Crippen molar-refractivity contribution in [2.75, 3.05) is 26.0 Å². The highest BCUT2D eigenvalue weighted by molar-refractivity contribution is 7.88. The van der Waals surface area contributed by atoms with Gasteiger partial charge in [-0.1, -0.05) is 6.07 Å². The number of pyridine rings is 1. The van der Waals surface area contributed by atoms with E-state index in [1.165, 1.54) is 11.8 Å². The molecule has 0 radical (unpaired) electrons. The molecule has 3 heterocycles. The third kappa shape index (κ3) is 4.53. The standard InChI is InChI=1S/C17H27N3O3S/c1-14-4-3-8-18-16(14)13-20-9-6-17(7-10-20)12-15(5-11-23-17)19-24(2,21)22/h3-4,8,15,19H,5-7,9-13H2,1-2H3/t15-/m0/s1. The molecule has 0 amide bonds. The molecular weight excluding hydrogens is 326 g/mol. The highest BCUT2D eigenvalue weighted by Crippen LogP contribution is 2.35. The highest BCUT2D eigenvalue weighted by Gasteiger charge is 2.40. The fraction of sp³-hybridized carbons (Fsp3) is 0.706. The van der Waals surface area contributed by atoms with Crippen LogP contribution in [0.5, 0.6) is 0 Å². The lowest BCUT2D eigenvalue weighted by Crippen LogP contribution is -2.53. The molecule has 6 nitrogen and oxygen atoms in total. The van der Waals surface area contributed by atoms with Gasteiger partial charge < -0.3 is 4.74 Å². The summed E-state index contributed by atoms with van der Waals surface area (Å²) >= 11 is 0. The number of nitrogens with zero attached hydrogens (tertiary/aromatic N) is 2. The monoisotopic (exact) mass is 353 g/mol. The molecule has 7 heteroatoms. The predicted molar refractivity (Wildman–Crippen MR) is 93.2 cm³/mol. The maximum Gasteiger partial charge on any atom is 0.208 e. The second-order valence-corrected chi connectivity index (χ2v) is 8.93. The molecule has 1 N–H and O–H groups in total. The van der Waals surface area contributed by atoms with E-state index in [1.54, 1.807) is 0 Å². The van der Waals surface area contributed by atoms with Crippen LogP contribution < -0.4 is 4.72 Å². The van der Waals surface area contributed by atoms with E-state index in [0.29, 0.717) is 6.61 Å². The average molecular weight is 353 g/mol. The lowest BCUT2D eigenvalue weighted by Gasteiger charge is -2.46. The van der Waals surface area contributed by atoms with Crippen LogP contribution in [0.25, 0.3) is 0 Å². The van der Waals surface area contributed by atoms with Gasteiger partial charge in [0.15, 0.2) is 0 Å². The average Bonchev–Trinajstić information content (AvgIpc) is 2.50. The third-order valence-electron chi connectivity index (χ3n) is 5.13. The summed E-state index contributed by atoms with van der Waals surface area (Å²) in [4.78, 5) is 6.89. The Balaban J connectivity index is 1.57. The van der Waals surface area contributed by atoms with Gasteiger partial charge in [0.1, 0.15) is 0 Å². The molecule has 1 aromatic heterocycles. The molecule has 2 aliphatic heterocycles. The van der Waals surface area contributed by atoms with E-state index in [0.717, 1.165) is 51.0 Å². The summed E-state index contributed by atoms with van der Waals surface area (Å²) in [5, 5.41) is 0. The van der Waals surface area contributed by atoms with Crippen LogP contribution in [0.1, 0.15) is 36.9 Å². The molecule has 2 fully saturated rings. The van der Waals surface area contributed by atoms with Gasteiger partial charge in [0.2, 0.25) is 10.0 Å². The van der Waals surface area contributed by atoms with E-state index in [1.807, 2.05) is 12.3 Å². The number of sulfonamides is 1. The number of aromatic nitrogens is 1. The number of hydrogen-bond donors (Lipinski definition) is 1. The molecule has 0 unspecified atom stereocenters. The third-order valence-corrected chi connectivity index (χ3v) is 5.89. The number of ether oxygens (including phenoxy) is 1. The van der Waals surface area contributed by atoms with Gasteiger partial charge in [0, 0.05) is 38.5 Å². The van der Waals surface area contributed by atoms with Crippen molar-refractivity contribution in [1.29, 1.82) is 0 Å². The summed E-state index contributed by atoms with van der Waals surface area (Å²) in [5.74, 6) is 0. The zero-order chi connectivity index (χ0) is 17.2.